The van der Waals surface area contributed by atoms with E-state index in [4.69, 9.17) is 10.5 Å². The van der Waals surface area contributed by atoms with Crippen LogP contribution in [0.1, 0.15) is 6.42 Å². The molecule has 2 aromatic rings. The van der Waals surface area contributed by atoms with E-state index in [2.05, 4.69) is 30.9 Å². The summed E-state index contributed by atoms with van der Waals surface area (Å²) in [6, 6.07) is 0. The number of anilines is 1. The Morgan fingerprint density at radius 2 is 2.23 bits per heavy atom. The number of halogens is 1. The molecule has 2 aromatic heterocycles. The van der Waals surface area contributed by atoms with Crippen LogP contribution in [0.2, 0.25) is 0 Å². The Bertz CT molecular complexity index is 763. The van der Waals surface area contributed by atoms with E-state index in [-0.39, 0.29) is 29.7 Å². The number of nitrogen functional groups attached to an aromatic ring is 1. The second kappa shape index (κ2) is 5.43. The molecule has 3 heterocycles. The van der Waals surface area contributed by atoms with Crippen LogP contribution in [-0.4, -0.2) is 45.3 Å². The molecule has 0 spiro atoms. The first kappa shape index (κ1) is 15.6. The third kappa shape index (κ3) is 2.82. The first-order valence-corrected chi connectivity index (χ1v) is 8.87. The molecular formula is C10H13BrN5O5P. The highest BCUT2D eigenvalue weighted by Crippen LogP contribution is 2.51. The molecule has 0 aromatic carbocycles. The number of ether oxygens (including phenoxy) is 1. The third-order valence-electron chi connectivity index (χ3n) is 3.43. The van der Waals surface area contributed by atoms with Gasteiger partial charge in [0, 0.05) is 12.5 Å². The molecule has 5 N–H and O–H groups in total. The van der Waals surface area contributed by atoms with Gasteiger partial charge in [-0.15, -0.1) is 0 Å². The number of rotatable bonds is 3. The second-order valence-electron chi connectivity index (χ2n) is 5.00. The zero-order valence-electron chi connectivity index (χ0n) is 11.1. The molecule has 0 bridgehead atoms. The number of nitrogens with two attached hydrogens (primary N) is 1. The van der Waals surface area contributed by atoms with Crippen molar-refractivity contribution in [2.24, 2.45) is 5.92 Å². The lowest BCUT2D eigenvalue weighted by molar-refractivity contribution is 0.116. The molecule has 0 unspecified atom stereocenters. The standard InChI is InChI=1S/C10H13BrN5O5P/c11-7-4(1-5(21-7)22(18,19)20)2-16-3-13-6-8(16)14-10(12)15-9(6)17/h3-5,7H,1-2H2,(H2,18,19,20)(H3,12,14,15,17)/t4-,5+,7-/m0/s1. The number of aromatic nitrogens is 4. The summed E-state index contributed by atoms with van der Waals surface area (Å²) in [4.78, 5) is 30.1. The van der Waals surface area contributed by atoms with Gasteiger partial charge in [0.2, 0.25) is 11.8 Å². The summed E-state index contributed by atoms with van der Waals surface area (Å²) in [6.45, 7) is 0.346. The number of imidazole rings is 1. The molecule has 22 heavy (non-hydrogen) atoms. The van der Waals surface area contributed by atoms with Gasteiger partial charge in [-0.25, -0.2) is 4.98 Å². The molecule has 3 atom stereocenters. The lowest BCUT2D eigenvalue weighted by Gasteiger charge is -2.13. The van der Waals surface area contributed by atoms with Gasteiger partial charge in [0.15, 0.2) is 17.0 Å². The van der Waals surface area contributed by atoms with Crippen LogP contribution in [-0.2, 0) is 15.8 Å². The predicted molar refractivity (Wildman–Crippen MR) is 79.1 cm³/mol. The summed E-state index contributed by atoms with van der Waals surface area (Å²) in [5.41, 5.74) is 6.07. The zero-order valence-corrected chi connectivity index (χ0v) is 13.6. The van der Waals surface area contributed by atoms with Crippen molar-refractivity contribution in [3.63, 3.8) is 0 Å². The highest BCUT2D eigenvalue weighted by molar-refractivity contribution is 9.09. The Hall–Kier alpha value is -1.26. The van der Waals surface area contributed by atoms with Gasteiger partial charge < -0.3 is 29.9 Å². The summed E-state index contributed by atoms with van der Waals surface area (Å²) in [7, 11) is -4.30. The van der Waals surface area contributed by atoms with E-state index in [0.717, 1.165) is 0 Å². The van der Waals surface area contributed by atoms with Crippen molar-refractivity contribution in [2.75, 3.05) is 5.73 Å². The number of nitrogens with zero attached hydrogens (tertiary/aromatic N) is 4. The largest absolute Gasteiger partial charge is 0.492 e. The molecule has 1 aliphatic rings. The summed E-state index contributed by atoms with van der Waals surface area (Å²) >= 11 is 3.27. The van der Waals surface area contributed by atoms with Crippen LogP contribution in [0.15, 0.2) is 6.33 Å². The number of aromatic hydroxyl groups is 1. The molecule has 0 saturated carbocycles. The molecule has 1 aliphatic heterocycles. The SMILES string of the molecule is Nc1nc(O)c2ncn(C[C@@H]3C[C@@H](P(=O)(O)O)O[C@@H]3Br)c2n1. The Balaban J connectivity index is 1.86. The fourth-order valence-electron chi connectivity index (χ4n) is 2.39. The summed E-state index contributed by atoms with van der Waals surface area (Å²) in [6.07, 6.45) is 1.65. The fourth-order valence-corrected chi connectivity index (χ4v) is 4.03. The van der Waals surface area contributed by atoms with Crippen LogP contribution in [0.25, 0.3) is 11.2 Å². The van der Waals surface area contributed by atoms with Crippen molar-refractivity contribution >= 4 is 40.6 Å². The quantitative estimate of drug-likeness (QED) is 0.427. The minimum atomic E-state index is -4.30. The van der Waals surface area contributed by atoms with Crippen LogP contribution in [0.4, 0.5) is 5.95 Å². The first-order valence-electron chi connectivity index (χ1n) is 6.28. The highest BCUT2D eigenvalue weighted by atomic mass is 79.9. The van der Waals surface area contributed by atoms with Gasteiger partial charge in [0.1, 0.15) is 5.01 Å². The molecule has 1 saturated heterocycles. The van der Waals surface area contributed by atoms with Crippen molar-refractivity contribution < 1.29 is 24.2 Å². The molecule has 12 heteroatoms. The number of hydrogen-bond donors (Lipinski definition) is 4. The average molecular weight is 394 g/mol. The normalized spacial score (nSPS) is 25.9. The molecule has 0 radical (unpaired) electrons. The molecular weight excluding hydrogens is 381 g/mol. The fraction of sp³-hybridized carbons (Fsp3) is 0.500. The van der Waals surface area contributed by atoms with E-state index in [1.807, 2.05) is 0 Å². The maximum absolute atomic E-state index is 11.3. The summed E-state index contributed by atoms with van der Waals surface area (Å²) in [5, 5.41) is 9.18. The van der Waals surface area contributed by atoms with Crippen LogP contribution in [0, 0.1) is 5.92 Å². The van der Waals surface area contributed by atoms with Crippen molar-refractivity contribution in [3.8, 4) is 5.88 Å². The van der Waals surface area contributed by atoms with Gasteiger partial charge in [-0.2, -0.15) is 9.97 Å². The monoisotopic (exact) mass is 393 g/mol. The lowest BCUT2D eigenvalue weighted by Crippen LogP contribution is -2.15. The second-order valence-corrected chi connectivity index (χ2v) is 7.66. The predicted octanol–water partition coefficient (Wildman–Crippen LogP) is 0.375. The maximum atomic E-state index is 11.3. The molecule has 10 nitrogen and oxygen atoms in total. The molecule has 1 fully saturated rings. The highest BCUT2D eigenvalue weighted by Gasteiger charge is 2.43. The van der Waals surface area contributed by atoms with E-state index in [0.29, 0.717) is 12.2 Å². The number of alkyl halides is 1. The smallest absolute Gasteiger partial charge is 0.354 e. The van der Waals surface area contributed by atoms with Crippen LogP contribution >= 0.6 is 23.5 Å². The van der Waals surface area contributed by atoms with Gasteiger partial charge >= 0.3 is 7.60 Å². The minimum absolute atomic E-state index is 0.0853. The third-order valence-corrected chi connectivity index (χ3v) is 5.48. The van der Waals surface area contributed by atoms with Gasteiger partial charge in [0.05, 0.1) is 6.33 Å². The lowest BCUT2D eigenvalue weighted by atomic mass is 10.1. The Kier molecular flexibility index (Phi) is 3.86. The Labute approximate surface area is 132 Å². The Morgan fingerprint density at radius 3 is 2.86 bits per heavy atom. The molecule has 120 valence electrons. The van der Waals surface area contributed by atoms with Crippen molar-refractivity contribution in [2.45, 2.75) is 23.8 Å². The molecule has 0 aliphatic carbocycles. The van der Waals surface area contributed by atoms with Crippen molar-refractivity contribution in [1.29, 1.82) is 0 Å². The average Bonchev–Trinajstić information content (AvgIpc) is 2.95. The summed E-state index contributed by atoms with van der Waals surface area (Å²) < 4.78 is 18.2. The zero-order chi connectivity index (χ0) is 16.1. The van der Waals surface area contributed by atoms with Crippen LogP contribution in [0.3, 0.4) is 0 Å². The topological polar surface area (TPSA) is 157 Å². The van der Waals surface area contributed by atoms with E-state index < -0.39 is 18.5 Å². The minimum Gasteiger partial charge on any atom is -0.492 e. The maximum Gasteiger partial charge on any atom is 0.354 e. The van der Waals surface area contributed by atoms with Gasteiger partial charge in [-0.3, -0.25) is 4.57 Å². The van der Waals surface area contributed by atoms with Gasteiger partial charge in [0.25, 0.3) is 0 Å². The van der Waals surface area contributed by atoms with E-state index >= 15 is 0 Å². The van der Waals surface area contributed by atoms with E-state index in [9.17, 15) is 19.5 Å². The van der Waals surface area contributed by atoms with Crippen LogP contribution in [0.5, 0.6) is 5.88 Å². The molecule has 0 amide bonds. The number of fused-ring (bicyclic) bond motifs is 1. The van der Waals surface area contributed by atoms with Crippen molar-refractivity contribution in [1.82, 2.24) is 19.5 Å². The van der Waals surface area contributed by atoms with Gasteiger partial charge in [-0.1, -0.05) is 15.9 Å². The van der Waals surface area contributed by atoms with E-state index in [1.54, 1.807) is 4.57 Å². The Morgan fingerprint density at radius 1 is 1.50 bits per heavy atom. The number of hydrogen-bond acceptors (Lipinski definition) is 7. The van der Waals surface area contributed by atoms with Crippen molar-refractivity contribution in [3.05, 3.63) is 6.33 Å². The van der Waals surface area contributed by atoms with Gasteiger partial charge in [-0.05, 0) is 6.42 Å². The summed E-state index contributed by atoms with van der Waals surface area (Å²) in [5.74, 6) is -1.73. The van der Waals surface area contributed by atoms with Crippen LogP contribution < -0.4 is 5.73 Å². The first-order chi connectivity index (χ1) is 10.3. The molecule has 3 rings (SSSR count). The van der Waals surface area contributed by atoms with E-state index in [1.165, 1.54) is 6.33 Å².